The van der Waals surface area contributed by atoms with Crippen molar-refractivity contribution in [1.29, 1.82) is 0 Å². The summed E-state index contributed by atoms with van der Waals surface area (Å²) < 4.78 is 14.6. The van der Waals surface area contributed by atoms with Crippen LogP contribution >= 0.6 is 0 Å². The second-order valence-electron chi connectivity index (χ2n) is 4.10. The molecule has 1 aromatic rings. The first kappa shape index (κ1) is 16.1. The van der Waals surface area contributed by atoms with E-state index in [-0.39, 0.29) is 24.8 Å². The average molecular weight is 281 g/mol. The number of carbonyl (C=O) groups is 2. The van der Waals surface area contributed by atoms with Crippen molar-refractivity contribution in [2.75, 3.05) is 20.8 Å². The van der Waals surface area contributed by atoms with Crippen LogP contribution < -0.4 is 0 Å². The van der Waals surface area contributed by atoms with E-state index >= 15 is 0 Å². The van der Waals surface area contributed by atoms with Gasteiger partial charge in [-0.15, -0.1) is 0 Å². The number of hydrogen-bond acceptors (Lipinski definition) is 6. The molecule has 1 aromatic heterocycles. The highest BCUT2D eigenvalue weighted by Crippen LogP contribution is 2.10. The summed E-state index contributed by atoms with van der Waals surface area (Å²) in [5, 5.41) is 0. The highest BCUT2D eigenvalue weighted by molar-refractivity contribution is 5.73. The van der Waals surface area contributed by atoms with E-state index in [9.17, 15) is 9.59 Å². The van der Waals surface area contributed by atoms with Gasteiger partial charge < -0.3 is 14.2 Å². The van der Waals surface area contributed by atoms with E-state index in [2.05, 4.69) is 14.5 Å². The van der Waals surface area contributed by atoms with Gasteiger partial charge in [-0.25, -0.2) is 0 Å². The minimum Gasteiger partial charge on any atom is -0.469 e. The second kappa shape index (κ2) is 8.27. The van der Waals surface area contributed by atoms with Gasteiger partial charge in [0.1, 0.15) is 0 Å². The number of methoxy groups -OCH3 is 2. The molecule has 1 rings (SSSR count). The number of ether oxygens (including phenoxy) is 3. The molecule has 0 aromatic carbocycles. The molecule has 110 valence electrons. The predicted molar refractivity (Wildman–Crippen MR) is 71.0 cm³/mol. The summed E-state index contributed by atoms with van der Waals surface area (Å²) >= 11 is 0. The molecule has 0 aliphatic heterocycles. The van der Waals surface area contributed by atoms with Gasteiger partial charge in [0.25, 0.3) is 0 Å². The Labute approximate surface area is 118 Å². The highest BCUT2D eigenvalue weighted by Gasteiger charge is 2.11. The minimum absolute atomic E-state index is 0.0602. The van der Waals surface area contributed by atoms with Crippen LogP contribution in [0.25, 0.3) is 0 Å². The van der Waals surface area contributed by atoms with Crippen molar-refractivity contribution in [2.45, 2.75) is 26.4 Å². The standard InChI is InChI=1S/C14H19NO5/c1-4-20-9-10-5-11(7-13(16)18-2)15-12(6-10)8-14(17)19-3/h5-6H,4,7-9H2,1-3H3. The van der Waals surface area contributed by atoms with Crippen molar-refractivity contribution < 1.29 is 23.8 Å². The third-order valence-corrected chi connectivity index (χ3v) is 2.57. The Morgan fingerprint density at radius 3 is 1.95 bits per heavy atom. The van der Waals surface area contributed by atoms with E-state index in [0.29, 0.717) is 24.6 Å². The molecule has 0 saturated heterocycles. The first-order valence-corrected chi connectivity index (χ1v) is 6.29. The fourth-order valence-electron chi connectivity index (χ4n) is 1.64. The van der Waals surface area contributed by atoms with Crippen LogP contribution in [0, 0.1) is 0 Å². The number of aromatic nitrogens is 1. The molecule has 6 nitrogen and oxygen atoms in total. The number of pyridine rings is 1. The largest absolute Gasteiger partial charge is 0.469 e. The molecule has 0 unspecified atom stereocenters. The van der Waals surface area contributed by atoms with Crippen LogP contribution in [0.3, 0.4) is 0 Å². The van der Waals surface area contributed by atoms with Crippen LogP contribution in [0.2, 0.25) is 0 Å². The number of hydrogen-bond donors (Lipinski definition) is 0. The van der Waals surface area contributed by atoms with E-state index in [1.54, 1.807) is 12.1 Å². The van der Waals surface area contributed by atoms with Crippen LogP contribution in [-0.2, 0) is 43.2 Å². The van der Waals surface area contributed by atoms with Gasteiger partial charge in [-0.2, -0.15) is 0 Å². The van der Waals surface area contributed by atoms with Gasteiger partial charge in [0.05, 0.1) is 45.1 Å². The van der Waals surface area contributed by atoms with Gasteiger partial charge >= 0.3 is 11.9 Å². The summed E-state index contributed by atoms with van der Waals surface area (Å²) in [6.07, 6.45) is 0.120. The molecule has 0 spiro atoms. The first-order chi connectivity index (χ1) is 9.58. The van der Waals surface area contributed by atoms with Crippen molar-refractivity contribution >= 4 is 11.9 Å². The maximum atomic E-state index is 11.3. The zero-order chi connectivity index (χ0) is 15.0. The average Bonchev–Trinajstić information content (AvgIpc) is 2.44. The summed E-state index contributed by atoms with van der Waals surface area (Å²) in [7, 11) is 2.64. The lowest BCUT2D eigenvalue weighted by Crippen LogP contribution is -2.11. The Hall–Kier alpha value is -1.95. The summed E-state index contributed by atoms with van der Waals surface area (Å²) in [6.45, 7) is 2.88. The lowest BCUT2D eigenvalue weighted by molar-refractivity contribution is -0.140. The Morgan fingerprint density at radius 2 is 1.55 bits per heavy atom. The zero-order valence-electron chi connectivity index (χ0n) is 12.0. The van der Waals surface area contributed by atoms with Gasteiger partial charge in [-0.05, 0) is 24.6 Å². The number of carbonyl (C=O) groups excluding carboxylic acids is 2. The smallest absolute Gasteiger partial charge is 0.311 e. The lowest BCUT2D eigenvalue weighted by Gasteiger charge is -2.08. The molecule has 0 aliphatic rings. The van der Waals surface area contributed by atoms with Crippen LogP contribution in [0.4, 0.5) is 0 Å². The van der Waals surface area contributed by atoms with E-state index in [1.165, 1.54) is 14.2 Å². The Balaban J connectivity index is 2.94. The third-order valence-electron chi connectivity index (χ3n) is 2.57. The fraction of sp³-hybridized carbons (Fsp3) is 0.500. The topological polar surface area (TPSA) is 74.7 Å². The Morgan fingerprint density at radius 1 is 1.05 bits per heavy atom. The normalized spacial score (nSPS) is 10.2. The lowest BCUT2D eigenvalue weighted by atomic mass is 10.1. The van der Waals surface area contributed by atoms with Crippen molar-refractivity contribution in [1.82, 2.24) is 4.98 Å². The van der Waals surface area contributed by atoms with Crippen LogP contribution in [0.5, 0.6) is 0 Å². The summed E-state index contributed by atoms with van der Waals surface area (Å²) in [4.78, 5) is 26.9. The van der Waals surface area contributed by atoms with E-state index in [0.717, 1.165) is 5.56 Å². The number of nitrogens with zero attached hydrogens (tertiary/aromatic N) is 1. The molecule has 0 aliphatic carbocycles. The maximum Gasteiger partial charge on any atom is 0.311 e. The summed E-state index contributed by atoms with van der Waals surface area (Å²) in [5.74, 6) is -0.759. The maximum absolute atomic E-state index is 11.3. The SMILES string of the molecule is CCOCc1cc(CC(=O)OC)nc(CC(=O)OC)c1. The minimum atomic E-state index is -0.380. The van der Waals surface area contributed by atoms with Crippen molar-refractivity contribution in [3.63, 3.8) is 0 Å². The Bertz CT molecular complexity index is 436. The molecule has 0 radical (unpaired) electrons. The molecule has 0 saturated carbocycles. The monoisotopic (exact) mass is 281 g/mol. The molecule has 1 heterocycles. The molecule has 6 heteroatoms. The highest BCUT2D eigenvalue weighted by atomic mass is 16.5. The number of esters is 2. The number of rotatable bonds is 7. The van der Waals surface area contributed by atoms with Gasteiger partial charge in [-0.3, -0.25) is 14.6 Å². The zero-order valence-corrected chi connectivity index (χ0v) is 12.0. The van der Waals surface area contributed by atoms with Crippen LogP contribution in [0.1, 0.15) is 23.9 Å². The van der Waals surface area contributed by atoms with Crippen LogP contribution in [-0.4, -0.2) is 37.7 Å². The fourth-order valence-corrected chi connectivity index (χ4v) is 1.64. The van der Waals surface area contributed by atoms with Crippen molar-refractivity contribution in [3.8, 4) is 0 Å². The van der Waals surface area contributed by atoms with Gasteiger partial charge in [-0.1, -0.05) is 0 Å². The quantitative estimate of drug-likeness (QED) is 0.695. The van der Waals surface area contributed by atoms with Crippen LogP contribution in [0.15, 0.2) is 12.1 Å². The second-order valence-corrected chi connectivity index (χ2v) is 4.10. The molecule has 20 heavy (non-hydrogen) atoms. The van der Waals surface area contributed by atoms with Gasteiger partial charge in [0.15, 0.2) is 0 Å². The first-order valence-electron chi connectivity index (χ1n) is 6.29. The molecule has 0 bridgehead atoms. The summed E-state index contributed by atoms with van der Waals surface area (Å²) in [5.41, 5.74) is 1.96. The van der Waals surface area contributed by atoms with Gasteiger partial charge in [0, 0.05) is 6.61 Å². The molecular formula is C14H19NO5. The third kappa shape index (κ3) is 5.36. The summed E-state index contributed by atoms with van der Waals surface area (Å²) in [6, 6.07) is 3.54. The molecular weight excluding hydrogens is 262 g/mol. The molecule has 0 amide bonds. The molecule has 0 fully saturated rings. The molecule has 0 atom stereocenters. The molecule has 0 N–H and O–H groups in total. The van der Waals surface area contributed by atoms with E-state index < -0.39 is 0 Å². The van der Waals surface area contributed by atoms with E-state index in [4.69, 9.17) is 4.74 Å². The Kier molecular flexibility index (Phi) is 6.66. The van der Waals surface area contributed by atoms with Crippen molar-refractivity contribution in [2.24, 2.45) is 0 Å². The van der Waals surface area contributed by atoms with E-state index in [1.807, 2.05) is 6.92 Å². The van der Waals surface area contributed by atoms with Gasteiger partial charge in [0.2, 0.25) is 0 Å². The van der Waals surface area contributed by atoms with Crippen molar-refractivity contribution in [3.05, 3.63) is 29.1 Å². The predicted octanol–water partition coefficient (Wildman–Crippen LogP) is 1.05.